The van der Waals surface area contributed by atoms with Gasteiger partial charge in [-0.1, -0.05) is 15.9 Å². The number of benzene rings is 1. The maximum absolute atomic E-state index is 5.67. The third kappa shape index (κ3) is 4.66. The fraction of sp³-hybridized carbons (Fsp3) is 0.538. The van der Waals surface area contributed by atoms with Crippen LogP contribution >= 0.6 is 15.9 Å². The molecule has 0 unspecified atom stereocenters. The van der Waals surface area contributed by atoms with Crippen molar-refractivity contribution >= 4 is 15.9 Å². The fourth-order valence-corrected chi connectivity index (χ4v) is 1.96. The third-order valence-corrected chi connectivity index (χ3v) is 3.24. The second-order valence-electron chi connectivity index (χ2n) is 4.72. The molecular weight excluding hydrogens is 280 g/mol. The Morgan fingerprint density at radius 2 is 2.12 bits per heavy atom. The molecule has 17 heavy (non-hydrogen) atoms. The molecule has 0 atom stereocenters. The van der Waals surface area contributed by atoms with E-state index in [0.29, 0.717) is 6.54 Å². The molecule has 0 heterocycles. The van der Waals surface area contributed by atoms with Crippen LogP contribution in [0.4, 0.5) is 0 Å². The Hall–Kier alpha value is -0.580. The number of ether oxygens (including phenoxy) is 1. The van der Waals surface area contributed by atoms with Crippen LogP contribution in [0.25, 0.3) is 0 Å². The Kier molecular flexibility index (Phi) is 5.43. The quantitative estimate of drug-likeness (QED) is 0.848. The first-order valence-electron chi connectivity index (χ1n) is 5.76. The van der Waals surface area contributed by atoms with E-state index in [1.165, 1.54) is 5.56 Å². The van der Waals surface area contributed by atoms with E-state index >= 15 is 0 Å². The molecule has 0 saturated heterocycles. The van der Waals surface area contributed by atoms with Crippen LogP contribution < -0.4 is 15.8 Å². The standard InChI is InChI=1S/C13H21BrN2O/c1-13(2,9-15)16-7-6-10-8-11(14)4-5-12(10)17-3/h4-5,8,16H,6-7,9,15H2,1-3H3. The molecule has 1 rings (SSSR count). The molecule has 0 bridgehead atoms. The smallest absolute Gasteiger partial charge is 0.122 e. The summed E-state index contributed by atoms with van der Waals surface area (Å²) in [7, 11) is 1.70. The van der Waals surface area contributed by atoms with Crippen LogP contribution in [0.15, 0.2) is 22.7 Å². The molecule has 0 aliphatic rings. The van der Waals surface area contributed by atoms with E-state index in [0.717, 1.165) is 23.2 Å². The van der Waals surface area contributed by atoms with E-state index in [2.05, 4.69) is 41.2 Å². The van der Waals surface area contributed by atoms with Crippen molar-refractivity contribution in [2.75, 3.05) is 20.2 Å². The summed E-state index contributed by atoms with van der Waals surface area (Å²) in [6.45, 7) is 5.72. The molecule has 1 aromatic rings. The van der Waals surface area contributed by atoms with Crippen LogP contribution in [0.2, 0.25) is 0 Å². The summed E-state index contributed by atoms with van der Waals surface area (Å²) in [5, 5.41) is 3.43. The zero-order valence-corrected chi connectivity index (χ0v) is 12.3. The van der Waals surface area contributed by atoms with E-state index in [-0.39, 0.29) is 5.54 Å². The predicted molar refractivity (Wildman–Crippen MR) is 75.5 cm³/mol. The fourth-order valence-electron chi connectivity index (χ4n) is 1.55. The molecule has 0 radical (unpaired) electrons. The molecule has 3 N–H and O–H groups in total. The van der Waals surface area contributed by atoms with Crippen molar-refractivity contribution in [2.24, 2.45) is 5.73 Å². The minimum atomic E-state index is -0.0146. The lowest BCUT2D eigenvalue weighted by atomic mass is 10.1. The van der Waals surface area contributed by atoms with Gasteiger partial charge in [0.2, 0.25) is 0 Å². The van der Waals surface area contributed by atoms with E-state index < -0.39 is 0 Å². The highest BCUT2D eigenvalue weighted by Crippen LogP contribution is 2.23. The van der Waals surface area contributed by atoms with Gasteiger partial charge in [-0.2, -0.15) is 0 Å². The molecule has 0 saturated carbocycles. The first-order chi connectivity index (χ1) is 7.98. The summed E-state index contributed by atoms with van der Waals surface area (Å²) < 4.78 is 6.41. The zero-order valence-electron chi connectivity index (χ0n) is 10.7. The third-order valence-electron chi connectivity index (χ3n) is 2.75. The number of rotatable bonds is 6. The maximum Gasteiger partial charge on any atom is 0.122 e. The summed E-state index contributed by atoms with van der Waals surface area (Å²) in [5.74, 6) is 0.931. The first kappa shape index (κ1) is 14.5. The average Bonchev–Trinajstić information content (AvgIpc) is 2.29. The van der Waals surface area contributed by atoms with Crippen molar-refractivity contribution in [1.29, 1.82) is 0 Å². The van der Waals surface area contributed by atoms with Crippen molar-refractivity contribution < 1.29 is 4.74 Å². The summed E-state index contributed by atoms with van der Waals surface area (Å²) in [6.07, 6.45) is 0.923. The van der Waals surface area contributed by atoms with E-state index in [1.807, 2.05) is 12.1 Å². The summed E-state index contributed by atoms with van der Waals surface area (Å²) in [5.41, 5.74) is 6.85. The van der Waals surface area contributed by atoms with E-state index in [1.54, 1.807) is 7.11 Å². The zero-order chi connectivity index (χ0) is 12.9. The SMILES string of the molecule is COc1ccc(Br)cc1CCNC(C)(C)CN. The molecule has 3 nitrogen and oxygen atoms in total. The lowest BCUT2D eigenvalue weighted by molar-refractivity contribution is 0.392. The largest absolute Gasteiger partial charge is 0.496 e. The molecule has 1 aromatic carbocycles. The molecule has 0 aromatic heterocycles. The molecular formula is C13H21BrN2O. The van der Waals surface area contributed by atoms with Crippen LogP contribution in [0.3, 0.4) is 0 Å². The number of nitrogens with two attached hydrogens (primary N) is 1. The second-order valence-corrected chi connectivity index (χ2v) is 5.64. The van der Waals surface area contributed by atoms with Gasteiger partial charge in [0.05, 0.1) is 7.11 Å². The van der Waals surface area contributed by atoms with E-state index in [4.69, 9.17) is 10.5 Å². The molecule has 4 heteroatoms. The minimum Gasteiger partial charge on any atom is -0.496 e. The maximum atomic E-state index is 5.67. The highest BCUT2D eigenvalue weighted by molar-refractivity contribution is 9.10. The van der Waals surface area contributed by atoms with Gasteiger partial charge < -0.3 is 15.8 Å². The van der Waals surface area contributed by atoms with Gasteiger partial charge in [-0.05, 0) is 50.6 Å². The molecule has 0 spiro atoms. The highest BCUT2D eigenvalue weighted by atomic mass is 79.9. The Morgan fingerprint density at radius 3 is 2.71 bits per heavy atom. The van der Waals surface area contributed by atoms with Gasteiger partial charge >= 0.3 is 0 Å². The number of hydrogen-bond acceptors (Lipinski definition) is 3. The lowest BCUT2D eigenvalue weighted by Gasteiger charge is -2.24. The van der Waals surface area contributed by atoms with Crippen molar-refractivity contribution in [3.05, 3.63) is 28.2 Å². The predicted octanol–water partition coefficient (Wildman–Crippen LogP) is 2.33. The second kappa shape index (κ2) is 6.38. The Labute approximate surface area is 112 Å². The van der Waals surface area contributed by atoms with E-state index in [9.17, 15) is 0 Å². The van der Waals surface area contributed by atoms with Gasteiger partial charge in [-0.25, -0.2) is 0 Å². The number of methoxy groups -OCH3 is 1. The van der Waals surface area contributed by atoms with Gasteiger partial charge in [0.15, 0.2) is 0 Å². The van der Waals surface area contributed by atoms with Crippen molar-refractivity contribution in [2.45, 2.75) is 25.8 Å². The first-order valence-corrected chi connectivity index (χ1v) is 6.55. The van der Waals surface area contributed by atoms with Gasteiger partial charge in [0.25, 0.3) is 0 Å². The molecule has 96 valence electrons. The summed E-state index contributed by atoms with van der Waals surface area (Å²) >= 11 is 3.47. The molecule has 0 amide bonds. The average molecular weight is 301 g/mol. The minimum absolute atomic E-state index is 0.0146. The topological polar surface area (TPSA) is 47.3 Å². The van der Waals surface area contributed by atoms with Crippen LogP contribution in [-0.4, -0.2) is 25.7 Å². The van der Waals surface area contributed by atoms with Crippen molar-refractivity contribution in [1.82, 2.24) is 5.32 Å². The van der Waals surface area contributed by atoms with Gasteiger partial charge in [-0.3, -0.25) is 0 Å². The van der Waals surface area contributed by atoms with Crippen LogP contribution in [0, 0.1) is 0 Å². The Morgan fingerprint density at radius 1 is 1.41 bits per heavy atom. The highest BCUT2D eigenvalue weighted by Gasteiger charge is 2.14. The Balaban J connectivity index is 2.59. The Bertz CT molecular complexity index is 366. The molecule has 0 aliphatic heterocycles. The number of hydrogen-bond donors (Lipinski definition) is 2. The monoisotopic (exact) mass is 300 g/mol. The van der Waals surface area contributed by atoms with Gasteiger partial charge in [0.1, 0.15) is 5.75 Å². The van der Waals surface area contributed by atoms with Crippen LogP contribution in [-0.2, 0) is 6.42 Å². The van der Waals surface area contributed by atoms with Crippen LogP contribution in [0.5, 0.6) is 5.75 Å². The van der Waals surface area contributed by atoms with Crippen molar-refractivity contribution in [3.8, 4) is 5.75 Å². The summed E-state index contributed by atoms with van der Waals surface area (Å²) in [6, 6.07) is 6.06. The van der Waals surface area contributed by atoms with Gasteiger partial charge in [-0.15, -0.1) is 0 Å². The normalized spacial score (nSPS) is 11.6. The summed E-state index contributed by atoms with van der Waals surface area (Å²) in [4.78, 5) is 0. The molecule has 0 fully saturated rings. The number of halogens is 1. The molecule has 0 aliphatic carbocycles. The number of nitrogens with one attached hydrogen (secondary N) is 1. The van der Waals surface area contributed by atoms with Crippen LogP contribution in [0.1, 0.15) is 19.4 Å². The lowest BCUT2D eigenvalue weighted by Crippen LogP contribution is -2.46. The van der Waals surface area contributed by atoms with Crippen molar-refractivity contribution in [3.63, 3.8) is 0 Å². The van der Waals surface area contributed by atoms with Gasteiger partial charge in [0, 0.05) is 16.6 Å².